The van der Waals surface area contributed by atoms with Gasteiger partial charge in [-0.3, -0.25) is 9.36 Å². The zero-order valence-corrected chi connectivity index (χ0v) is 18.1. The molecule has 1 aliphatic heterocycles. The molecule has 31 heavy (non-hydrogen) atoms. The monoisotopic (exact) mass is 433 g/mol. The lowest BCUT2D eigenvalue weighted by atomic mass is 10.1. The number of rotatable bonds is 4. The summed E-state index contributed by atoms with van der Waals surface area (Å²) in [4.78, 5) is 20.4. The number of imidazole rings is 1. The molecule has 1 aliphatic rings. The molecule has 158 valence electrons. The molecule has 0 unspecified atom stereocenters. The van der Waals surface area contributed by atoms with Crippen molar-refractivity contribution >= 4 is 38.6 Å². The van der Waals surface area contributed by atoms with Gasteiger partial charge in [0.15, 0.2) is 0 Å². The highest BCUT2D eigenvalue weighted by Gasteiger charge is 2.24. The summed E-state index contributed by atoms with van der Waals surface area (Å²) in [5.74, 6) is 6.75. The number of hydrogen-bond acceptors (Lipinski definition) is 7. The van der Waals surface area contributed by atoms with Crippen LogP contribution in [0.15, 0.2) is 35.3 Å². The summed E-state index contributed by atoms with van der Waals surface area (Å²) in [5.41, 5.74) is 7.95. The predicted molar refractivity (Wildman–Crippen MR) is 123 cm³/mol. The molecule has 1 atom stereocenters. The number of benzene rings is 1. The maximum Gasteiger partial charge on any atom is 0.293 e. The smallest absolute Gasteiger partial charge is 0.293 e. The summed E-state index contributed by atoms with van der Waals surface area (Å²) < 4.78 is 9.01. The van der Waals surface area contributed by atoms with Gasteiger partial charge in [-0.2, -0.15) is 9.47 Å². The minimum atomic E-state index is -0.187. The Balaban J connectivity index is 1.61. The number of nitrogens with zero attached hydrogens (tertiary/aromatic N) is 6. The SMILES string of the molecule is CC#CCn1c(N2CCC[C@@H](N)C2)nc2cnn(Cc3nsc4ccccc34)c(=O)c21. The predicted octanol–water partition coefficient (Wildman–Crippen LogP) is 2.20. The Kier molecular flexibility index (Phi) is 5.18. The van der Waals surface area contributed by atoms with Crippen LogP contribution >= 0.6 is 11.5 Å². The zero-order chi connectivity index (χ0) is 21.4. The van der Waals surface area contributed by atoms with E-state index in [9.17, 15) is 4.79 Å². The zero-order valence-electron chi connectivity index (χ0n) is 17.3. The minimum absolute atomic E-state index is 0.104. The van der Waals surface area contributed by atoms with Gasteiger partial charge in [-0.05, 0) is 37.4 Å². The third-order valence-electron chi connectivity index (χ3n) is 5.64. The Morgan fingerprint density at radius 1 is 1.32 bits per heavy atom. The van der Waals surface area contributed by atoms with E-state index in [0.717, 1.165) is 47.7 Å². The molecule has 1 fully saturated rings. The van der Waals surface area contributed by atoms with Crippen molar-refractivity contribution in [1.82, 2.24) is 23.7 Å². The summed E-state index contributed by atoms with van der Waals surface area (Å²) in [6.07, 6.45) is 3.67. The normalized spacial score (nSPS) is 16.6. The molecule has 2 N–H and O–H groups in total. The van der Waals surface area contributed by atoms with Crippen LogP contribution in [0.25, 0.3) is 21.1 Å². The Bertz CT molecular complexity index is 1370. The van der Waals surface area contributed by atoms with Crippen LogP contribution in [0.4, 0.5) is 5.95 Å². The first kappa shape index (κ1) is 19.7. The van der Waals surface area contributed by atoms with Crippen molar-refractivity contribution in [3.05, 3.63) is 46.5 Å². The van der Waals surface area contributed by atoms with Crippen molar-refractivity contribution in [3.8, 4) is 11.8 Å². The number of anilines is 1. The molecule has 1 aromatic carbocycles. The second-order valence-corrected chi connectivity index (χ2v) is 8.54. The topological polar surface area (TPSA) is 94.9 Å². The van der Waals surface area contributed by atoms with Crippen LogP contribution in [-0.4, -0.2) is 42.8 Å². The van der Waals surface area contributed by atoms with Gasteiger partial charge in [0.2, 0.25) is 5.95 Å². The highest BCUT2D eigenvalue weighted by molar-refractivity contribution is 7.13. The maximum atomic E-state index is 13.5. The van der Waals surface area contributed by atoms with Gasteiger partial charge >= 0.3 is 0 Å². The first-order valence-corrected chi connectivity index (χ1v) is 11.1. The molecule has 0 amide bonds. The lowest BCUT2D eigenvalue weighted by Crippen LogP contribution is -2.44. The van der Waals surface area contributed by atoms with Gasteiger partial charge < -0.3 is 10.6 Å². The second kappa shape index (κ2) is 8.13. The van der Waals surface area contributed by atoms with Crippen LogP contribution in [0, 0.1) is 11.8 Å². The molecule has 0 saturated carbocycles. The van der Waals surface area contributed by atoms with E-state index in [-0.39, 0.29) is 11.6 Å². The van der Waals surface area contributed by atoms with Crippen LogP contribution in [0.1, 0.15) is 25.5 Å². The summed E-state index contributed by atoms with van der Waals surface area (Å²) in [5, 5.41) is 5.45. The van der Waals surface area contributed by atoms with Crippen molar-refractivity contribution in [2.75, 3.05) is 18.0 Å². The summed E-state index contributed by atoms with van der Waals surface area (Å²) in [6.45, 7) is 4.08. The average Bonchev–Trinajstić information content (AvgIpc) is 3.36. The van der Waals surface area contributed by atoms with E-state index in [0.29, 0.717) is 24.1 Å². The van der Waals surface area contributed by atoms with Crippen molar-refractivity contribution in [1.29, 1.82) is 0 Å². The fourth-order valence-corrected chi connectivity index (χ4v) is 4.91. The van der Waals surface area contributed by atoms with Crippen molar-refractivity contribution in [3.63, 3.8) is 0 Å². The van der Waals surface area contributed by atoms with Crippen LogP contribution in [0.3, 0.4) is 0 Å². The van der Waals surface area contributed by atoms with Gasteiger partial charge in [-0.1, -0.05) is 24.1 Å². The Labute approximate surface area is 183 Å². The lowest BCUT2D eigenvalue weighted by Gasteiger charge is -2.31. The van der Waals surface area contributed by atoms with Crippen molar-refractivity contribution in [2.24, 2.45) is 5.73 Å². The molecule has 5 rings (SSSR count). The van der Waals surface area contributed by atoms with Crippen LogP contribution in [0.2, 0.25) is 0 Å². The van der Waals surface area contributed by atoms with Gasteiger partial charge in [0, 0.05) is 24.5 Å². The number of hydrogen-bond donors (Lipinski definition) is 1. The van der Waals surface area contributed by atoms with Crippen LogP contribution in [-0.2, 0) is 13.1 Å². The molecule has 0 aliphatic carbocycles. The quantitative estimate of drug-likeness (QED) is 0.496. The lowest BCUT2D eigenvalue weighted by molar-refractivity contribution is 0.496. The number of nitrogens with two attached hydrogens (primary N) is 1. The minimum Gasteiger partial charge on any atom is -0.341 e. The van der Waals surface area contributed by atoms with Gasteiger partial charge in [0.1, 0.15) is 11.0 Å². The number of fused-ring (bicyclic) bond motifs is 2. The molecule has 0 bridgehead atoms. The van der Waals surface area contributed by atoms with Gasteiger partial charge in [0.05, 0.1) is 29.7 Å². The highest BCUT2D eigenvalue weighted by Crippen LogP contribution is 2.24. The van der Waals surface area contributed by atoms with Crippen molar-refractivity contribution in [2.45, 2.75) is 38.9 Å². The van der Waals surface area contributed by atoms with E-state index in [4.69, 9.17) is 10.7 Å². The Morgan fingerprint density at radius 2 is 2.19 bits per heavy atom. The first-order valence-electron chi connectivity index (χ1n) is 10.4. The fraction of sp³-hybridized carbons (Fsp3) is 0.364. The number of aromatic nitrogens is 5. The maximum absolute atomic E-state index is 13.5. The standard InChI is InChI=1S/C22H23N7OS/c1-2-3-11-28-20-17(25-22(28)27-10-6-7-15(23)13-27)12-24-29(21(20)30)14-18-16-8-4-5-9-19(16)31-26-18/h4-5,8-9,12,15H,6-7,10-11,13-14,23H2,1H3/t15-/m1/s1. The van der Waals surface area contributed by atoms with Gasteiger partial charge in [-0.15, -0.1) is 5.92 Å². The van der Waals surface area contributed by atoms with E-state index in [1.54, 1.807) is 13.1 Å². The van der Waals surface area contributed by atoms with E-state index in [1.165, 1.54) is 16.2 Å². The molecule has 3 aromatic heterocycles. The summed E-state index contributed by atoms with van der Waals surface area (Å²) in [6, 6.07) is 8.13. The molecule has 0 spiro atoms. The summed E-state index contributed by atoms with van der Waals surface area (Å²) >= 11 is 1.43. The Morgan fingerprint density at radius 3 is 3.03 bits per heavy atom. The van der Waals surface area contributed by atoms with E-state index in [1.807, 2.05) is 28.8 Å². The Hall–Kier alpha value is -3.22. The fourth-order valence-electron chi connectivity index (χ4n) is 4.12. The molecule has 4 heterocycles. The molecule has 8 nitrogen and oxygen atoms in total. The third-order valence-corrected chi connectivity index (χ3v) is 6.50. The largest absolute Gasteiger partial charge is 0.341 e. The molecular weight excluding hydrogens is 410 g/mol. The molecule has 9 heteroatoms. The number of piperidine rings is 1. The second-order valence-electron chi connectivity index (χ2n) is 7.74. The molecular formula is C22H23N7OS. The van der Waals surface area contributed by atoms with E-state index < -0.39 is 0 Å². The molecule has 0 radical (unpaired) electrons. The van der Waals surface area contributed by atoms with Crippen molar-refractivity contribution < 1.29 is 0 Å². The van der Waals surface area contributed by atoms with E-state index >= 15 is 0 Å². The third kappa shape index (κ3) is 3.58. The summed E-state index contributed by atoms with van der Waals surface area (Å²) in [7, 11) is 0. The first-order chi connectivity index (χ1) is 15.2. The molecule has 1 saturated heterocycles. The van der Waals surface area contributed by atoms with Gasteiger partial charge in [-0.25, -0.2) is 9.67 Å². The van der Waals surface area contributed by atoms with E-state index in [2.05, 4.69) is 26.2 Å². The van der Waals surface area contributed by atoms with Crippen LogP contribution in [0.5, 0.6) is 0 Å². The van der Waals surface area contributed by atoms with Gasteiger partial charge in [0.25, 0.3) is 5.56 Å². The molecule has 4 aromatic rings. The highest BCUT2D eigenvalue weighted by atomic mass is 32.1. The van der Waals surface area contributed by atoms with Crippen LogP contribution < -0.4 is 16.2 Å². The average molecular weight is 434 g/mol.